The van der Waals surface area contributed by atoms with Crippen LogP contribution in [-0.2, 0) is 4.74 Å². The molecule has 1 heterocycles. The van der Waals surface area contributed by atoms with Gasteiger partial charge in [0.2, 0.25) is 0 Å². The van der Waals surface area contributed by atoms with Gasteiger partial charge < -0.3 is 10.1 Å². The summed E-state index contributed by atoms with van der Waals surface area (Å²) in [4.78, 5) is 0. The summed E-state index contributed by atoms with van der Waals surface area (Å²) in [7, 11) is 0. The second-order valence-electron chi connectivity index (χ2n) is 8.80. The summed E-state index contributed by atoms with van der Waals surface area (Å²) in [5.41, 5.74) is 0.254. The zero-order chi connectivity index (χ0) is 13.3. The third kappa shape index (κ3) is 1.98. The van der Waals surface area contributed by atoms with Crippen LogP contribution in [0.4, 0.5) is 0 Å². The lowest BCUT2D eigenvalue weighted by Crippen LogP contribution is -2.65. The molecule has 1 N–H and O–H groups in total. The Balaban J connectivity index is 1.56. The summed E-state index contributed by atoms with van der Waals surface area (Å²) >= 11 is 0. The number of nitrogens with one attached hydrogen (secondary N) is 1. The van der Waals surface area contributed by atoms with Gasteiger partial charge >= 0.3 is 0 Å². The molecule has 2 heteroatoms. The van der Waals surface area contributed by atoms with Crippen molar-refractivity contribution >= 4 is 0 Å². The van der Waals surface area contributed by atoms with Crippen molar-refractivity contribution in [2.75, 3.05) is 13.2 Å². The maximum Gasteiger partial charge on any atom is 0.0812 e. The molecule has 0 aromatic rings. The van der Waals surface area contributed by atoms with Crippen LogP contribution in [-0.4, -0.2) is 24.3 Å². The highest BCUT2D eigenvalue weighted by atomic mass is 16.5. The molecule has 2 nitrogen and oxygen atoms in total. The smallest absolute Gasteiger partial charge is 0.0812 e. The average Bonchev–Trinajstić information content (AvgIpc) is 2.32. The van der Waals surface area contributed by atoms with E-state index in [1.807, 2.05) is 0 Å². The minimum Gasteiger partial charge on any atom is -0.372 e. The van der Waals surface area contributed by atoms with Crippen molar-refractivity contribution in [3.8, 4) is 0 Å². The lowest BCUT2D eigenvalue weighted by molar-refractivity contribution is -0.187. The lowest BCUT2D eigenvalue weighted by Gasteiger charge is -2.60. The normalized spacial score (nSPS) is 55.4. The molecule has 1 unspecified atom stereocenters. The minimum atomic E-state index is 0.0954. The predicted octanol–water partition coefficient (Wildman–Crippen LogP) is 3.22. The molecule has 19 heavy (non-hydrogen) atoms. The molecule has 1 atom stereocenters. The van der Waals surface area contributed by atoms with Crippen molar-refractivity contribution < 1.29 is 4.74 Å². The first-order valence-corrected chi connectivity index (χ1v) is 8.34. The molecule has 4 aliphatic carbocycles. The van der Waals surface area contributed by atoms with Gasteiger partial charge in [0.1, 0.15) is 0 Å². The molecule has 0 spiro atoms. The molecule has 5 aliphatic rings. The van der Waals surface area contributed by atoms with E-state index in [0.717, 1.165) is 42.7 Å². The summed E-state index contributed by atoms with van der Waals surface area (Å²) in [5, 5.41) is 3.73. The third-order valence-electron chi connectivity index (χ3n) is 6.61. The van der Waals surface area contributed by atoms with Gasteiger partial charge in [-0.2, -0.15) is 0 Å². The molecule has 0 aromatic heterocycles. The van der Waals surface area contributed by atoms with Gasteiger partial charge in [0.15, 0.2) is 0 Å². The molecular weight excluding hydrogens is 234 g/mol. The third-order valence-corrected chi connectivity index (χ3v) is 6.61. The zero-order valence-corrected chi connectivity index (χ0v) is 12.7. The zero-order valence-electron chi connectivity index (χ0n) is 12.7. The van der Waals surface area contributed by atoms with E-state index >= 15 is 0 Å². The Kier molecular flexibility index (Phi) is 2.65. The second kappa shape index (κ2) is 3.98. The molecule has 4 bridgehead atoms. The van der Waals surface area contributed by atoms with Crippen LogP contribution in [0.2, 0.25) is 0 Å². The van der Waals surface area contributed by atoms with Crippen molar-refractivity contribution in [3.05, 3.63) is 0 Å². The van der Waals surface area contributed by atoms with Crippen LogP contribution in [0, 0.1) is 29.6 Å². The van der Waals surface area contributed by atoms with Crippen LogP contribution in [0.1, 0.15) is 52.9 Å². The van der Waals surface area contributed by atoms with E-state index in [-0.39, 0.29) is 11.1 Å². The van der Waals surface area contributed by atoms with Crippen LogP contribution in [0.25, 0.3) is 0 Å². The van der Waals surface area contributed by atoms with E-state index in [4.69, 9.17) is 4.74 Å². The Bertz CT molecular complexity index is 337. The topological polar surface area (TPSA) is 21.3 Å². The molecule has 0 radical (unpaired) electrons. The molecule has 5 fully saturated rings. The van der Waals surface area contributed by atoms with Crippen LogP contribution >= 0.6 is 0 Å². The van der Waals surface area contributed by atoms with Gasteiger partial charge in [0, 0.05) is 12.1 Å². The molecular formula is C17H29NO. The summed E-state index contributed by atoms with van der Waals surface area (Å²) in [6.45, 7) is 8.81. The SMILES string of the molecule is CC1(C)COC(C)(C2C3CC4CC(C3)CC2C4)CN1. The van der Waals surface area contributed by atoms with Crippen molar-refractivity contribution in [2.24, 2.45) is 29.6 Å². The number of rotatable bonds is 1. The van der Waals surface area contributed by atoms with Crippen molar-refractivity contribution in [1.29, 1.82) is 0 Å². The molecule has 0 amide bonds. The van der Waals surface area contributed by atoms with E-state index in [1.165, 1.54) is 25.7 Å². The molecule has 5 rings (SSSR count). The Morgan fingerprint density at radius 1 is 0.895 bits per heavy atom. The maximum atomic E-state index is 6.44. The molecule has 0 aromatic carbocycles. The Morgan fingerprint density at radius 2 is 1.47 bits per heavy atom. The van der Waals surface area contributed by atoms with Gasteiger partial charge in [-0.15, -0.1) is 0 Å². The van der Waals surface area contributed by atoms with Gasteiger partial charge in [-0.3, -0.25) is 0 Å². The molecule has 4 saturated carbocycles. The molecule has 1 saturated heterocycles. The first kappa shape index (κ1) is 12.6. The van der Waals surface area contributed by atoms with E-state index < -0.39 is 0 Å². The Hall–Kier alpha value is -0.0800. The largest absolute Gasteiger partial charge is 0.372 e. The fourth-order valence-electron chi connectivity index (χ4n) is 6.00. The van der Waals surface area contributed by atoms with Gasteiger partial charge in [-0.25, -0.2) is 0 Å². The van der Waals surface area contributed by atoms with Crippen molar-refractivity contribution in [1.82, 2.24) is 5.32 Å². The number of hydrogen-bond acceptors (Lipinski definition) is 2. The van der Waals surface area contributed by atoms with E-state index in [1.54, 1.807) is 6.42 Å². The minimum absolute atomic E-state index is 0.0954. The predicted molar refractivity (Wildman–Crippen MR) is 77.0 cm³/mol. The highest BCUT2D eigenvalue weighted by Crippen LogP contribution is 2.59. The summed E-state index contributed by atoms with van der Waals surface area (Å²) in [6.07, 6.45) is 7.54. The lowest BCUT2D eigenvalue weighted by atomic mass is 9.49. The quantitative estimate of drug-likeness (QED) is 0.784. The second-order valence-corrected chi connectivity index (χ2v) is 8.80. The highest BCUT2D eigenvalue weighted by Gasteiger charge is 2.55. The summed E-state index contributed by atoms with van der Waals surface area (Å²) in [5.74, 6) is 4.88. The van der Waals surface area contributed by atoms with Crippen molar-refractivity contribution in [2.45, 2.75) is 64.0 Å². The fraction of sp³-hybridized carbons (Fsp3) is 1.00. The first-order valence-electron chi connectivity index (χ1n) is 8.34. The maximum absolute atomic E-state index is 6.44. The van der Waals surface area contributed by atoms with Crippen LogP contribution < -0.4 is 5.32 Å². The van der Waals surface area contributed by atoms with E-state index in [0.29, 0.717) is 0 Å². The summed E-state index contributed by atoms with van der Waals surface area (Å²) in [6, 6.07) is 0. The molecule has 108 valence electrons. The van der Waals surface area contributed by atoms with Crippen molar-refractivity contribution in [3.63, 3.8) is 0 Å². The van der Waals surface area contributed by atoms with E-state index in [9.17, 15) is 0 Å². The van der Waals surface area contributed by atoms with E-state index in [2.05, 4.69) is 26.1 Å². The molecule has 1 aliphatic heterocycles. The van der Waals surface area contributed by atoms with Crippen LogP contribution in [0.3, 0.4) is 0 Å². The van der Waals surface area contributed by atoms with Gasteiger partial charge in [-0.1, -0.05) is 0 Å². The Morgan fingerprint density at radius 3 is 1.95 bits per heavy atom. The standard InChI is InChI=1S/C17H29NO/c1-16(2)10-19-17(3,9-18-16)15-13-5-11-4-12(7-13)8-14(15)6-11/h11-15,18H,4-10H2,1-3H3. The number of ether oxygens (including phenoxy) is 1. The van der Waals surface area contributed by atoms with Crippen LogP contribution in [0.5, 0.6) is 0 Å². The van der Waals surface area contributed by atoms with Gasteiger partial charge in [0.05, 0.1) is 12.2 Å². The van der Waals surface area contributed by atoms with Crippen LogP contribution in [0.15, 0.2) is 0 Å². The van der Waals surface area contributed by atoms with Gasteiger partial charge in [-0.05, 0) is 82.5 Å². The Labute approximate surface area is 117 Å². The first-order chi connectivity index (χ1) is 8.95. The summed E-state index contributed by atoms with van der Waals surface area (Å²) < 4.78 is 6.44. The monoisotopic (exact) mass is 263 g/mol. The fourth-order valence-corrected chi connectivity index (χ4v) is 6.00. The number of hydrogen-bond donors (Lipinski definition) is 1. The number of morpholine rings is 1. The average molecular weight is 263 g/mol. The van der Waals surface area contributed by atoms with Gasteiger partial charge in [0.25, 0.3) is 0 Å². The highest BCUT2D eigenvalue weighted by molar-refractivity contribution is 5.06.